The van der Waals surface area contributed by atoms with Crippen LogP contribution in [0.1, 0.15) is 19.5 Å². The van der Waals surface area contributed by atoms with Crippen LogP contribution in [0.4, 0.5) is 0 Å². The molecule has 2 unspecified atom stereocenters. The van der Waals surface area contributed by atoms with Crippen molar-refractivity contribution in [2.75, 3.05) is 13.1 Å². The Morgan fingerprint density at radius 2 is 2.10 bits per heavy atom. The summed E-state index contributed by atoms with van der Waals surface area (Å²) in [6.07, 6.45) is 7.30. The van der Waals surface area contributed by atoms with Crippen LogP contribution in [0.25, 0.3) is 11.7 Å². The van der Waals surface area contributed by atoms with Gasteiger partial charge >= 0.3 is 0 Å². The largest absolute Gasteiger partial charge is 0.372 e. The highest BCUT2D eigenvalue weighted by atomic mass is 16.5. The molecule has 5 heteroatoms. The zero-order valence-electron chi connectivity index (χ0n) is 12.3. The number of carbonyl (C=O) groups is 1. The van der Waals surface area contributed by atoms with Crippen LogP contribution in [-0.4, -0.2) is 45.5 Å². The summed E-state index contributed by atoms with van der Waals surface area (Å²) < 4.78 is 7.60. The molecule has 0 bridgehead atoms. The van der Waals surface area contributed by atoms with Crippen molar-refractivity contribution in [3.05, 3.63) is 42.4 Å². The fraction of sp³-hybridized carbons (Fsp3) is 0.375. The number of amides is 1. The van der Waals surface area contributed by atoms with Crippen LogP contribution in [0.15, 0.2) is 36.7 Å². The molecule has 21 heavy (non-hydrogen) atoms. The number of carbonyl (C=O) groups excluding carboxylic acids is 1. The van der Waals surface area contributed by atoms with Gasteiger partial charge in [0.05, 0.1) is 24.1 Å². The minimum atomic E-state index is 0.0166. The smallest absolute Gasteiger partial charge is 0.246 e. The number of rotatable bonds is 2. The molecule has 0 aromatic carbocycles. The van der Waals surface area contributed by atoms with Gasteiger partial charge in [-0.25, -0.2) is 4.98 Å². The number of morpholine rings is 1. The molecule has 110 valence electrons. The normalized spacial score (nSPS) is 23.0. The number of pyridine rings is 1. The molecule has 0 spiro atoms. The molecular formula is C16H19N3O2. The van der Waals surface area contributed by atoms with E-state index in [0.717, 1.165) is 11.3 Å². The summed E-state index contributed by atoms with van der Waals surface area (Å²) >= 11 is 0. The lowest BCUT2D eigenvalue weighted by Gasteiger charge is -2.34. The van der Waals surface area contributed by atoms with Crippen LogP contribution in [0, 0.1) is 0 Å². The van der Waals surface area contributed by atoms with Crippen LogP contribution in [0.3, 0.4) is 0 Å². The molecule has 3 rings (SSSR count). The highest BCUT2D eigenvalue weighted by Gasteiger charge is 2.24. The first-order valence-electron chi connectivity index (χ1n) is 7.18. The Hall–Kier alpha value is -2.14. The standard InChI is InChI=1S/C16H19N3O2/c1-12-10-18(11-13(2)21-12)16(20)7-6-14-9-17-15-5-3-4-8-19(14)15/h3-9,12-13H,10-11H2,1-2H3/b7-6+. The van der Waals surface area contributed by atoms with Crippen LogP contribution in [-0.2, 0) is 9.53 Å². The van der Waals surface area contributed by atoms with Gasteiger partial charge in [-0.2, -0.15) is 0 Å². The molecule has 5 nitrogen and oxygen atoms in total. The van der Waals surface area contributed by atoms with Crippen molar-refractivity contribution in [2.24, 2.45) is 0 Å². The van der Waals surface area contributed by atoms with Gasteiger partial charge in [-0.15, -0.1) is 0 Å². The van der Waals surface area contributed by atoms with Gasteiger partial charge in [0.25, 0.3) is 0 Å². The molecule has 2 atom stereocenters. The second-order valence-corrected chi connectivity index (χ2v) is 5.45. The highest BCUT2D eigenvalue weighted by Crippen LogP contribution is 2.12. The topological polar surface area (TPSA) is 46.8 Å². The molecule has 0 saturated carbocycles. The van der Waals surface area contributed by atoms with Gasteiger partial charge in [-0.3, -0.25) is 4.79 Å². The van der Waals surface area contributed by atoms with E-state index in [0.29, 0.717) is 13.1 Å². The fourth-order valence-corrected chi connectivity index (χ4v) is 2.70. The maximum atomic E-state index is 12.3. The molecule has 1 aliphatic heterocycles. The van der Waals surface area contributed by atoms with Crippen LogP contribution >= 0.6 is 0 Å². The zero-order valence-corrected chi connectivity index (χ0v) is 12.3. The summed E-state index contributed by atoms with van der Waals surface area (Å²) in [4.78, 5) is 18.4. The molecule has 1 fully saturated rings. The van der Waals surface area contributed by atoms with Crippen molar-refractivity contribution in [1.82, 2.24) is 14.3 Å². The predicted molar refractivity (Wildman–Crippen MR) is 80.8 cm³/mol. The Kier molecular flexibility index (Phi) is 3.75. The summed E-state index contributed by atoms with van der Waals surface area (Å²) in [5.74, 6) is 0.0166. The molecule has 0 aliphatic carbocycles. The molecule has 0 N–H and O–H groups in total. The first-order chi connectivity index (χ1) is 10.1. The third-order valence-electron chi connectivity index (χ3n) is 3.57. The van der Waals surface area contributed by atoms with Crippen molar-refractivity contribution >= 4 is 17.6 Å². The number of ether oxygens (including phenoxy) is 1. The fourth-order valence-electron chi connectivity index (χ4n) is 2.70. The molecule has 2 aromatic heterocycles. The second kappa shape index (κ2) is 5.69. The Labute approximate surface area is 123 Å². The van der Waals surface area contributed by atoms with E-state index in [9.17, 15) is 4.79 Å². The average Bonchev–Trinajstić information content (AvgIpc) is 2.87. The monoisotopic (exact) mass is 285 g/mol. The van der Waals surface area contributed by atoms with E-state index in [1.807, 2.05) is 53.6 Å². The van der Waals surface area contributed by atoms with E-state index in [4.69, 9.17) is 4.74 Å². The lowest BCUT2D eigenvalue weighted by atomic mass is 10.2. The van der Waals surface area contributed by atoms with Crippen molar-refractivity contribution in [2.45, 2.75) is 26.1 Å². The Balaban J connectivity index is 1.75. The number of hydrogen-bond acceptors (Lipinski definition) is 3. The Morgan fingerprint density at radius 3 is 2.86 bits per heavy atom. The predicted octanol–water partition coefficient (Wildman–Crippen LogP) is 1.98. The van der Waals surface area contributed by atoms with Gasteiger partial charge < -0.3 is 14.0 Å². The van der Waals surface area contributed by atoms with E-state index in [2.05, 4.69) is 4.98 Å². The Bertz CT molecular complexity index is 667. The molecule has 1 saturated heterocycles. The van der Waals surface area contributed by atoms with Crippen molar-refractivity contribution < 1.29 is 9.53 Å². The van der Waals surface area contributed by atoms with E-state index >= 15 is 0 Å². The first kappa shape index (κ1) is 13.8. The summed E-state index contributed by atoms with van der Waals surface area (Å²) in [6, 6.07) is 5.82. The van der Waals surface area contributed by atoms with Gasteiger partial charge in [0.1, 0.15) is 5.65 Å². The van der Waals surface area contributed by atoms with E-state index < -0.39 is 0 Å². The van der Waals surface area contributed by atoms with Gasteiger partial charge in [-0.1, -0.05) is 6.07 Å². The molecule has 3 heterocycles. The number of nitrogens with zero attached hydrogens (tertiary/aromatic N) is 3. The number of hydrogen-bond donors (Lipinski definition) is 0. The first-order valence-corrected chi connectivity index (χ1v) is 7.18. The van der Waals surface area contributed by atoms with Crippen molar-refractivity contribution in [1.29, 1.82) is 0 Å². The minimum absolute atomic E-state index is 0.0166. The van der Waals surface area contributed by atoms with Crippen LogP contribution in [0.2, 0.25) is 0 Å². The van der Waals surface area contributed by atoms with Crippen LogP contribution in [0.5, 0.6) is 0 Å². The Morgan fingerprint density at radius 1 is 1.33 bits per heavy atom. The number of aromatic nitrogens is 2. The maximum Gasteiger partial charge on any atom is 0.246 e. The lowest BCUT2D eigenvalue weighted by Crippen LogP contribution is -2.47. The van der Waals surface area contributed by atoms with Gasteiger partial charge in [0.15, 0.2) is 0 Å². The molecule has 1 amide bonds. The molecular weight excluding hydrogens is 266 g/mol. The summed E-state index contributed by atoms with van der Waals surface area (Å²) in [5, 5.41) is 0. The molecule has 1 aliphatic rings. The summed E-state index contributed by atoms with van der Waals surface area (Å²) in [7, 11) is 0. The minimum Gasteiger partial charge on any atom is -0.372 e. The average molecular weight is 285 g/mol. The van der Waals surface area contributed by atoms with E-state index in [-0.39, 0.29) is 18.1 Å². The third kappa shape index (κ3) is 2.97. The number of fused-ring (bicyclic) bond motifs is 1. The van der Waals surface area contributed by atoms with Crippen molar-refractivity contribution in [3.63, 3.8) is 0 Å². The summed E-state index contributed by atoms with van der Waals surface area (Å²) in [5.41, 5.74) is 1.77. The van der Waals surface area contributed by atoms with E-state index in [1.54, 1.807) is 12.3 Å². The third-order valence-corrected chi connectivity index (χ3v) is 3.57. The van der Waals surface area contributed by atoms with E-state index in [1.165, 1.54) is 0 Å². The molecule has 2 aromatic rings. The SMILES string of the molecule is CC1CN(C(=O)/C=C/c2cnc3ccccn23)CC(C)O1. The van der Waals surface area contributed by atoms with Crippen LogP contribution < -0.4 is 0 Å². The summed E-state index contributed by atoms with van der Waals surface area (Å²) in [6.45, 7) is 5.26. The van der Waals surface area contributed by atoms with Gasteiger partial charge in [0, 0.05) is 25.4 Å². The number of imidazole rings is 1. The zero-order chi connectivity index (χ0) is 14.8. The lowest BCUT2D eigenvalue weighted by molar-refractivity contribution is -0.137. The molecule has 0 radical (unpaired) electrons. The van der Waals surface area contributed by atoms with Crippen molar-refractivity contribution in [3.8, 4) is 0 Å². The highest BCUT2D eigenvalue weighted by molar-refractivity contribution is 5.91. The van der Waals surface area contributed by atoms with Gasteiger partial charge in [-0.05, 0) is 32.1 Å². The van der Waals surface area contributed by atoms with Gasteiger partial charge in [0.2, 0.25) is 5.91 Å². The maximum absolute atomic E-state index is 12.3. The quantitative estimate of drug-likeness (QED) is 0.793. The second-order valence-electron chi connectivity index (χ2n) is 5.45.